The lowest BCUT2D eigenvalue weighted by Crippen LogP contribution is -2.30. The topological polar surface area (TPSA) is 117 Å². The standard InChI is InChI=1S/C12H13ClN4O3/c13-6-2-17(12-8(6)11(14)15-4-16-12)7-1-5(3-18)9(19)10(7)20/h1-2,4,7,9-10,18-20H,3H2,(H2,14,15,16)/t7-,9?,10-/m1/s1. The van der Waals surface area contributed by atoms with E-state index >= 15 is 0 Å². The number of anilines is 1. The third kappa shape index (κ3) is 1.79. The van der Waals surface area contributed by atoms with Crippen LogP contribution in [0.3, 0.4) is 0 Å². The van der Waals surface area contributed by atoms with Gasteiger partial charge in [-0.25, -0.2) is 9.97 Å². The zero-order valence-corrected chi connectivity index (χ0v) is 11.1. The van der Waals surface area contributed by atoms with Gasteiger partial charge in [-0.05, 0) is 5.57 Å². The van der Waals surface area contributed by atoms with Crippen LogP contribution in [0, 0.1) is 0 Å². The number of nitrogens with zero attached hydrogens (tertiary/aromatic N) is 3. The van der Waals surface area contributed by atoms with Crippen LogP contribution < -0.4 is 5.73 Å². The first-order chi connectivity index (χ1) is 9.54. The van der Waals surface area contributed by atoms with Crippen molar-refractivity contribution in [1.82, 2.24) is 14.5 Å². The highest BCUT2D eigenvalue weighted by atomic mass is 35.5. The Bertz CT molecular complexity index is 699. The molecular formula is C12H13ClN4O3. The van der Waals surface area contributed by atoms with E-state index in [0.29, 0.717) is 21.6 Å². The minimum absolute atomic E-state index is 0.248. The molecule has 0 saturated carbocycles. The molecule has 0 amide bonds. The Hall–Kier alpha value is -1.67. The van der Waals surface area contributed by atoms with Crippen molar-refractivity contribution in [3.63, 3.8) is 0 Å². The van der Waals surface area contributed by atoms with Gasteiger partial charge in [0.1, 0.15) is 30.0 Å². The molecule has 20 heavy (non-hydrogen) atoms. The van der Waals surface area contributed by atoms with E-state index in [-0.39, 0.29) is 12.4 Å². The molecule has 0 spiro atoms. The van der Waals surface area contributed by atoms with Crippen molar-refractivity contribution in [2.24, 2.45) is 0 Å². The lowest BCUT2D eigenvalue weighted by molar-refractivity contribution is 0.0288. The molecule has 1 unspecified atom stereocenters. The highest BCUT2D eigenvalue weighted by Crippen LogP contribution is 2.35. The molecule has 0 fully saturated rings. The summed E-state index contributed by atoms with van der Waals surface area (Å²) < 4.78 is 1.62. The summed E-state index contributed by atoms with van der Waals surface area (Å²) in [4.78, 5) is 8.00. The molecule has 3 atom stereocenters. The summed E-state index contributed by atoms with van der Waals surface area (Å²) in [5.41, 5.74) is 6.60. The lowest BCUT2D eigenvalue weighted by Gasteiger charge is -2.19. The van der Waals surface area contributed by atoms with Crippen LogP contribution in [0.2, 0.25) is 5.02 Å². The van der Waals surface area contributed by atoms with Gasteiger partial charge in [0.2, 0.25) is 0 Å². The van der Waals surface area contributed by atoms with Crippen LogP contribution in [0.15, 0.2) is 24.2 Å². The van der Waals surface area contributed by atoms with Crippen molar-refractivity contribution in [3.05, 3.63) is 29.2 Å². The zero-order valence-electron chi connectivity index (χ0n) is 10.3. The molecule has 8 heteroatoms. The van der Waals surface area contributed by atoms with Crippen LogP contribution in [0.1, 0.15) is 6.04 Å². The summed E-state index contributed by atoms with van der Waals surface area (Å²) in [7, 11) is 0. The van der Waals surface area contributed by atoms with Crippen molar-refractivity contribution in [2.75, 3.05) is 12.3 Å². The number of hydrogen-bond acceptors (Lipinski definition) is 6. The summed E-state index contributed by atoms with van der Waals surface area (Å²) in [5, 5.41) is 30.0. The van der Waals surface area contributed by atoms with E-state index in [9.17, 15) is 10.2 Å². The van der Waals surface area contributed by atoms with Gasteiger partial charge >= 0.3 is 0 Å². The number of aromatic nitrogens is 3. The quantitative estimate of drug-likeness (QED) is 0.573. The van der Waals surface area contributed by atoms with Crippen molar-refractivity contribution >= 4 is 28.5 Å². The summed E-state index contributed by atoms with van der Waals surface area (Å²) in [5.74, 6) is 0.248. The van der Waals surface area contributed by atoms with E-state index in [4.69, 9.17) is 22.4 Å². The molecule has 7 nitrogen and oxygen atoms in total. The molecule has 0 saturated heterocycles. The third-order valence-electron chi connectivity index (χ3n) is 3.53. The largest absolute Gasteiger partial charge is 0.392 e. The molecule has 3 rings (SSSR count). The minimum atomic E-state index is -1.11. The van der Waals surface area contributed by atoms with Crippen molar-refractivity contribution < 1.29 is 15.3 Å². The van der Waals surface area contributed by atoms with Crippen LogP contribution >= 0.6 is 11.6 Å². The molecule has 0 radical (unpaired) electrons. The second-order valence-corrected chi connectivity index (χ2v) is 5.07. The Morgan fingerprint density at radius 3 is 2.75 bits per heavy atom. The number of halogens is 1. The van der Waals surface area contributed by atoms with Gasteiger partial charge in [0, 0.05) is 6.20 Å². The predicted molar refractivity (Wildman–Crippen MR) is 73.2 cm³/mol. The average Bonchev–Trinajstić information content (AvgIpc) is 2.90. The van der Waals surface area contributed by atoms with Crippen LogP contribution in [-0.2, 0) is 0 Å². The number of aliphatic hydroxyl groups is 3. The summed E-state index contributed by atoms with van der Waals surface area (Å²) in [6.45, 7) is -0.321. The highest BCUT2D eigenvalue weighted by Gasteiger charge is 2.36. The first kappa shape index (κ1) is 13.3. The maximum absolute atomic E-state index is 10.1. The van der Waals surface area contributed by atoms with Crippen LogP contribution in [-0.4, -0.2) is 48.7 Å². The number of hydrogen-bond donors (Lipinski definition) is 4. The maximum Gasteiger partial charge on any atom is 0.147 e. The Balaban J connectivity index is 2.17. The van der Waals surface area contributed by atoms with E-state index in [1.807, 2.05) is 0 Å². The van der Waals surface area contributed by atoms with Gasteiger partial charge in [-0.15, -0.1) is 0 Å². The van der Waals surface area contributed by atoms with Gasteiger partial charge in [-0.2, -0.15) is 0 Å². The van der Waals surface area contributed by atoms with Gasteiger partial charge in [0.05, 0.1) is 23.1 Å². The number of nitrogens with two attached hydrogens (primary N) is 1. The van der Waals surface area contributed by atoms with Crippen molar-refractivity contribution in [1.29, 1.82) is 0 Å². The Morgan fingerprint density at radius 2 is 2.10 bits per heavy atom. The van der Waals surface area contributed by atoms with Gasteiger partial charge in [-0.1, -0.05) is 17.7 Å². The highest BCUT2D eigenvalue weighted by molar-refractivity contribution is 6.36. The maximum atomic E-state index is 10.1. The SMILES string of the molecule is Nc1ncnc2c1c(Cl)cn2[C@@H]1C=C(CO)C(O)[C@@H]1O. The molecule has 2 heterocycles. The molecule has 0 aromatic carbocycles. The molecule has 5 N–H and O–H groups in total. The van der Waals surface area contributed by atoms with Gasteiger partial charge in [-0.3, -0.25) is 0 Å². The Labute approximate surface area is 118 Å². The number of rotatable bonds is 2. The van der Waals surface area contributed by atoms with E-state index in [1.165, 1.54) is 6.33 Å². The summed E-state index contributed by atoms with van der Waals surface area (Å²) in [6.07, 6.45) is 2.29. The molecule has 1 aliphatic rings. The molecule has 2 aromatic rings. The van der Waals surface area contributed by atoms with Crippen LogP contribution in [0.5, 0.6) is 0 Å². The van der Waals surface area contributed by atoms with E-state index in [1.54, 1.807) is 16.8 Å². The predicted octanol–water partition coefficient (Wildman–Crippen LogP) is -0.138. The number of aliphatic hydroxyl groups excluding tert-OH is 3. The molecule has 2 aromatic heterocycles. The normalized spacial score (nSPS) is 26.2. The summed E-state index contributed by atoms with van der Waals surface area (Å²) >= 11 is 6.12. The fourth-order valence-corrected chi connectivity index (χ4v) is 2.79. The van der Waals surface area contributed by atoms with E-state index < -0.39 is 18.2 Å². The van der Waals surface area contributed by atoms with Gasteiger partial charge < -0.3 is 25.6 Å². The molecule has 1 aliphatic carbocycles. The van der Waals surface area contributed by atoms with Gasteiger partial charge in [0.15, 0.2) is 0 Å². The first-order valence-corrected chi connectivity index (χ1v) is 6.36. The molecule has 0 bridgehead atoms. The monoisotopic (exact) mass is 296 g/mol. The summed E-state index contributed by atoms with van der Waals surface area (Å²) in [6, 6.07) is -0.573. The van der Waals surface area contributed by atoms with E-state index in [0.717, 1.165) is 0 Å². The van der Waals surface area contributed by atoms with Crippen LogP contribution in [0.4, 0.5) is 5.82 Å². The van der Waals surface area contributed by atoms with Crippen molar-refractivity contribution in [3.8, 4) is 0 Å². The third-order valence-corrected chi connectivity index (χ3v) is 3.82. The molecule has 106 valence electrons. The second kappa shape index (κ2) is 4.71. The number of fused-ring (bicyclic) bond motifs is 1. The second-order valence-electron chi connectivity index (χ2n) is 4.67. The fraction of sp³-hybridized carbons (Fsp3) is 0.333. The zero-order chi connectivity index (χ0) is 14.4. The molecule has 0 aliphatic heterocycles. The average molecular weight is 297 g/mol. The van der Waals surface area contributed by atoms with Crippen LogP contribution in [0.25, 0.3) is 11.0 Å². The first-order valence-electron chi connectivity index (χ1n) is 5.98. The number of nitrogen functional groups attached to an aromatic ring is 1. The smallest absolute Gasteiger partial charge is 0.147 e. The Morgan fingerprint density at radius 1 is 1.35 bits per heavy atom. The fourth-order valence-electron chi connectivity index (χ4n) is 2.50. The van der Waals surface area contributed by atoms with Gasteiger partial charge in [0.25, 0.3) is 0 Å². The van der Waals surface area contributed by atoms with E-state index in [2.05, 4.69) is 9.97 Å². The minimum Gasteiger partial charge on any atom is -0.392 e. The molecular weight excluding hydrogens is 284 g/mol. The lowest BCUT2D eigenvalue weighted by atomic mass is 10.1. The Kier molecular flexibility index (Phi) is 3.14. The van der Waals surface area contributed by atoms with Crippen molar-refractivity contribution in [2.45, 2.75) is 18.2 Å².